The van der Waals surface area contributed by atoms with E-state index in [1.54, 1.807) is 0 Å². The number of benzene rings is 2. The molecule has 2 aromatic rings. The molecule has 0 bridgehead atoms. The van der Waals surface area contributed by atoms with Crippen LogP contribution in [0, 0.1) is 0 Å². The predicted molar refractivity (Wildman–Crippen MR) is 103 cm³/mol. The van der Waals surface area contributed by atoms with Gasteiger partial charge in [0.2, 0.25) is 5.91 Å². The van der Waals surface area contributed by atoms with E-state index in [9.17, 15) is 4.79 Å². The van der Waals surface area contributed by atoms with Crippen LogP contribution >= 0.6 is 0 Å². The molecule has 1 atom stereocenters. The van der Waals surface area contributed by atoms with Gasteiger partial charge in [-0.3, -0.25) is 4.79 Å². The van der Waals surface area contributed by atoms with Gasteiger partial charge in [0.25, 0.3) is 0 Å². The van der Waals surface area contributed by atoms with Gasteiger partial charge in [-0.1, -0.05) is 57.2 Å². The molecule has 4 nitrogen and oxygen atoms in total. The summed E-state index contributed by atoms with van der Waals surface area (Å²) in [5.74, 6) is 1.53. The summed E-state index contributed by atoms with van der Waals surface area (Å²) in [7, 11) is 0. The summed E-state index contributed by atoms with van der Waals surface area (Å²) in [6.07, 6.45) is 1.06. The topological polar surface area (TPSA) is 47.6 Å². The Morgan fingerprint density at radius 3 is 2.46 bits per heavy atom. The summed E-state index contributed by atoms with van der Waals surface area (Å²) in [5, 5.41) is 2.95. The lowest BCUT2D eigenvalue weighted by Crippen LogP contribution is -2.40. The van der Waals surface area contributed by atoms with E-state index in [2.05, 4.69) is 50.4 Å². The highest BCUT2D eigenvalue weighted by Gasteiger charge is 2.21. The van der Waals surface area contributed by atoms with Gasteiger partial charge in [-0.2, -0.15) is 0 Å². The fourth-order valence-corrected chi connectivity index (χ4v) is 2.91. The molecular formula is C22H27NO3. The lowest BCUT2D eigenvalue weighted by atomic mass is 9.86. The van der Waals surface area contributed by atoms with Gasteiger partial charge in [0.15, 0.2) is 11.5 Å². The lowest BCUT2D eigenvalue weighted by Gasteiger charge is -2.26. The Labute approximate surface area is 155 Å². The number of hydrogen-bond acceptors (Lipinski definition) is 3. The van der Waals surface area contributed by atoms with Crippen molar-refractivity contribution in [1.82, 2.24) is 5.32 Å². The van der Waals surface area contributed by atoms with Gasteiger partial charge in [-0.15, -0.1) is 0 Å². The Balaban J connectivity index is 1.42. The van der Waals surface area contributed by atoms with Gasteiger partial charge in [-0.25, -0.2) is 0 Å². The molecule has 0 saturated heterocycles. The van der Waals surface area contributed by atoms with Crippen molar-refractivity contribution < 1.29 is 14.3 Å². The number of hydrogen-bond donors (Lipinski definition) is 1. The number of carbonyl (C=O) groups is 1. The number of fused-ring (bicyclic) bond motifs is 1. The highest BCUT2D eigenvalue weighted by molar-refractivity contribution is 5.76. The zero-order valence-electron chi connectivity index (χ0n) is 15.7. The minimum absolute atomic E-state index is 0.0346. The summed E-state index contributed by atoms with van der Waals surface area (Å²) >= 11 is 0. The molecule has 1 heterocycles. The van der Waals surface area contributed by atoms with Crippen molar-refractivity contribution in [2.45, 2.75) is 45.1 Å². The molecule has 3 rings (SSSR count). The number of carbonyl (C=O) groups excluding carboxylic acids is 1. The fourth-order valence-electron chi connectivity index (χ4n) is 2.91. The summed E-state index contributed by atoms with van der Waals surface area (Å²) in [5.41, 5.74) is 2.64. The number of para-hydroxylation sites is 2. The smallest absolute Gasteiger partial charge is 0.220 e. The van der Waals surface area contributed by atoms with Gasteiger partial charge in [0.1, 0.15) is 12.7 Å². The third kappa shape index (κ3) is 4.78. The molecule has 0 spiro atoms. The van der Waals surface area contributed by atoms with Crippen LogP contribution in [0.1, 0.15) is 38.3 Å². The molecule has 1 aliphatic rings. The molecule has 1 aliphatic heterocycles. The van der Waals surface area contributed by atoms with E-state index < -0.39 is 0 Å². The van der Waals surface area contributed by atoms with Crippen LogP contribution in [0.15, 0.2) is 48.5 Å². The second-order valence-corrected chi connectivity index (χ2v) is 7.75. The second-order valence-electron chi connectivity index (χ2n) is 7.75. The van der Waals surface area contributed by atoms with Crippen molar-refractivity contribution in [2.24, 2.45) is 0 Å². The van der Waals surface area contributed by atoms with E-state index in [1.807, 2.05) is 24.3 Å². The largest absolute Gasteiger partial charge is 0.486 e. The number of ether oxygens (including phenoxy) is 2. The van der Waals surface area contributed by atoms with Crippen molar-refractivity contribution >= 4 is 5.91 Å². The minimum atomic E-state index is -0.153. The van der Waals surface area contributed by atoms with Crippen LogP contribution < -0.4 is 14.8 Å². The Bertz CT molecular complexity index is 747. The molecular weight excluding hydrogens is 326 g/mol. The Hall–Kier alpha value is -2.49. The fraction of sp³-hybridized carbons (Fsp3) is 0.409. The zero-order chi connectivity index (χ0) is 18.6. The maximum absolute atomic E-state index is 12.1. The summed E-state index contributed by atoms with van der Waals surface area (Å²) < 4.78 is 11.5. The lowest BCUT2D eigenvalue weighted by molar-refractivity contribution is -0.121. The monoisotopic (exact) mass is 353 g/mol. The number of amides is 1. The van der Waals surface area contributed by atoms with Gasteiger partial charge in [0.05, 0.1) is 6.54 Å². The van der Waals surface area contributed by atoms with Gasteiger partial charge >= 0.3 is 0 Å². The van der Waals surface area contributed by atoms with E-state index in [1.165, 1.54) is 11.1 Å². The molecule has 0 saturated carbocycles. The number of aryl methyl sites for hydroxylation is 1. The quantitative estimate of drug-likeness (QED) is 0.887. The van der Waals surface area contributed by atoms with Crippen molar-refractivity contribution in [3.63, 3.8) is 0 Å². The number of nitrogens with one attached hydrogen (secondary N) is 1. The van der Waals surface area contributed by atoms with Crippen LogP contribution in [0.3, 0.4) is 0 Å². The van der Waals surface area contributed by atoms with E-state index in [0.717, 1.165) is 17.9 Å². The summed E-state index contributed by atoms with van der Waals surface area (Å²) in [6, 6.07) is 16.1. The van der Waals surface area contributed by atoms with Crippen LogP contribution in [0.4, 0.5) is 0 Å². The maximum Gasteiger partial charge on any atom is 0.220 e. The Kier molecular flexibility index (Phi) is 5.50. The molecule has 4 heteroatoms. The molecule has 2 aromatic carbocycles. The molecule has 0 aliphatic carbocycles. The van der Waals surface area contributed by atoms with E-state index in [-0.39, 0.29) is 17.4 Å². The van der Waals surface area contributed by atoms with Crippen LogP contribution in [-0.2, 0) is 16.6 Å². The average Bonchev–Trinajstić information content (AvgIpc) is 2.64. The Morgan fingerprint density at radius 2 is 1.77 bits per heavy atom. The molecule has 26 heavy (non-hydrogen) atoms. The first-order valence-electron chi connectivity index (χ1n) is 9.16. The average molecular weight is 353 g/mol. The zero-order valence-corrected chi connectivity index (χ0v) is 15.7. The van der Waals surface area contributed by atoms with Gasteiger partial charge in [0, 0.05) is 6.42 Å². The molecule has 138 valence electrons. The molecule has 1 N–H and O–H groups in total. The van der Waals surface area contributed by atoms with Crippen molar-refractivity contribution in [1.29, 1.82) is 0 Å². The van der Waals surface area contributed by atoms with Crippen LogP contribution in [-0.4, -0.2) is 25.2 Å². The molecule has 0 fully saturated rings. The summed E-state index contributed by atoms with van der Waals surface area (Å²) in [4.78, 5) is 12.1. The predicted octanol–water partition coefficient (Wildman–Crippen LogP) is 3.87. The first kappa shape index (κ1) is 18.3. The van der Waals surface area contributed by atoms with Crippen LogP contribution in [0.5, 0.6) is 11.5 Å². The molecule has 1 unspecified atom stereocenters. The Morgan fingerprint density at radius 1 is 1.08 bits per heavy atom. The summed E-state index contributed by atoms with van der Waals surface area (Å²) in [6.45, 7) is 7.50. The third-order valence-electron chi connectivity index (χ3n) is 4.56. The van der Waals surface area contributed by atoms with Crippen LogP contribution in [0.2, 0.25) is 0 Å². The normalized spacial score (nSPS) is 16.2. The van der Waals surface area contributed by atoms with Gasteiger partial charge < -0.3 is 14.8 Å². The standard InChI is InChI=1S/C22H27NO3/c1-22(2,3)17-11-8-16(9-12-17)10-13-21(24)23-14-18-15-25-19-6-4-5-7-20(19)26-18/h4-9,11-12,18H,10,13-15H2,1-3H3,(H,23,24). The second kappa shape index (κ2) is 7.81. The highest BCUT2D eigenvalue weighted by Crippen LogP contribution is 2.30. The maximum atomic E-state index is 12.1. The number of rotatable bonds is 5. The minimum Gasteiger partial charge on any atom is -0.486 e. The first-order chi connectivity index (χ1) is 12.4. The molecule has 0 aromatic heterocycles. The van der Waals surface area contributed by atoms with Crippen molar-refractivity contribution in [3.05, 3.63) is 59.7 Å². The van der Waals surface area contributed by atoms with Crippen molar-refractivity contribution in [2.75, 3.05) is 13.2 Å². The van der Waals surface area contributed by atoms with E-state index >= 15 is 0 Å². The van der Waals surface area contributed by atoms with Gasteiger partial charge in [-0.05, 0) is 35.1 Å². The van der Waals surface area contributed by atoms with Crippen LogP contribution in [0.25, 0.3) is 0 Å². The SMILES string of the molecule is CC(C)(C)c1ccc(CCC(=O)NCC2COc3ccccc3O2)cc1. The van der Waals surface area contributed by atoms with E-state index in [0.29, 0.717) is 19.6 Å². The van der Waals surface area contributed by atoms with Crippen molar-refractivity contribution in [3.8, 4) is 11.5 Å². The third-order valence-corrected chi connectivity index (χ3v) is 4.56. The molecule has 0 radical (unpaired) electrons. The highest BCUT2D eigenvalue weighted by atomic mass is 16.6. The molecule has 1 amide bonds. The van der Waals surface area contributed by atoms with E-state index in [4.69, 9.17) is 9.47 Å². The first-order valence-corrected chi connectivity index (χ1v) is 9.16.